The second-order valence-corrected chi connectivity index (χ2v) is 6.50. The van der Waals surface area contributed by atoms with Gasteiger partial charge in [-0.2, -0.15) is 0 Å². The predicted octanol–water partition coefficient (Wildman–Crippen LogP) is 2.51. The number of ether oxygens (including phenoxy) is 1. The van der Waals surface area contributed by atoms with Crippen LogP contribution in [0.5, 0.6) is 0 Å². The lowest BCUT2D eigenvalue weighted by Gasteiger charge is -2.32. The molecule has 154 valence electrons. The molecule has 9 heteroatoms. The van der Waals surface area contributed by atoms with Gasteiger partial charge in [0.2, 0.25) is 5.96 Å². The van der Waals surface area contributed by atoms with Gasteiger partial charge in [0.15, 0.2) is 0 Å². The van der Waals surface area contributed by atoms with E-state index in [0.29, 0.717) is 17.0 Å². The van der Waals surface area contributed by atoms with Gasteiger partial charge in [0.1, 0.15) is 6.04 Å². The van der Waals surface area contributed by atoms with Crippen molar-refractivity contribution in [1.82, 2.24) is 9.96 Å². The summed E-state index contributed by atoms with van der Waals surface area (Å²) in [5.41, 5.74) is 0.667. The number of carbonyl (C=O) groups is 3. The number of hydrogen-bond acceptors (Lipinski definition) is 6. The Morgan fingerprint density at radius 1 is 1.18 bits per heavy atom. The second-order valence-electron chi connectivity index (χ2n) is 6.50. The lowest BCUT2D eigenvalue weighted by atomic mass is 10.0. The Bertz CT molecular complexity index is 692. The molecule has 28 heavy (non-hydrogen) atoms. The molecule has 0 aliphatic heterocycles. The standard InChI is InChI=1S/C19H27N3O6/c1-5-11-27-19(26)22(18(20)21(4)16(13(2)3)17(24)25)28-15(23)12-14-9-7-6-8-10-14/h6-10,13,16,20H,5,11-12H2,1-4H3,(H,24,25). The molecule has 0 fully saturated rings. The van der Waals surface area contributed by atoms with Gasteiger partial charge in [-0.1, -0.05) is 56.2 Å². The van der Waals surface area contributed by atoms with E-state index in [1.54, 1.807) is 51.1 Å². The number of likely N-dealkylation sites (N-methyl/N-ethyl adjacent to an activating group) is 1. The number of rotatable bonds is 7. The highest BCUT2D eigenvalue weighted by atomic mass is 16.8. The van der Waals surface area contributed by atoms with Crippen molar-refractivity contribution in [3.8, 4) is 0 Å². The van der Waals surface area contributed by atoms with E-state index in [9.17, 15) is 19.5 Å². The van der Waals surface area contributed by atoms with Gasteiger partial charge in [0.05, 0.1) is 13.0 Å². The minimum absolute atomic E-state index is 0.0646. The van der Waals surface area contributed by atoms with Crippen molar-refractivity contribution in [2.24, 2.45) is 5.92 Å². The Kier molecular flexibility index (Phi) is 8.94. The van der Waals surface area contributed by atoms with Crippen molar-refractivity contribution in [2.75, 3.05) is 13.7 Å². The number of hydroxylamine groups is 2. The SMILES string of the molecule is CCCOC(=O)N(OC(=O)Cc1ccccc1)C(=N)N(C)C(C(=O)O)C(C)C. The molecule has 1 amide bonds. The number of carboxylic acids is 1. The van der Waals surface area contributed by atoms with E-state index >= 15 is 0 Å². The van der Waals surface area contributed by atoms with Crippen molar-refractivity contribution >= 4 is 24.0 Å². The first kappa shape index (κ1) is 22.9. The second kappa shape index (κ2) is 10.9. The Labute approximate surface area is 164 Å². The largest absolute Gasteiger partial charge is 0.480 e. The molecule has 0 saturated heterocycles. The van der Waals surface area contributed by atoms with Crippen LogP contribution in [-0.2, 0) is 25.6 Å². The molecule has 0 aliphatic carbocycles. The molecule has 1 unspecified atom stereocenters. The highest BCUT2D eigenvalue weighted by molar-refractivity contribution is 5.94. The van der Waals surface area contributed by atoms with Crippen molar-refractivity contribution in [1.29, 1.82) is 5.41 Å². The van der Waals surface area contributed by atoms with Gasteiger partial charge in [-0.05, 0) is 17.9 Å². The van der Waals surface area contributed by atoms with Crippen LogP contribution in [0.3, 0.4) is 0 Å². The van der Waals surface area contributed by atoms with Gasteiger partial charge in [-0.25, -0.2) is 14.4 Å². The summed E-state index contributed by atoms with van der Waals surface area (Å²) in [5.74, 6) is -2.92. The van der Waals surface area contributed by atoms with Crippen molar-refractivity contribution < 1.29 is 29.1 Å². The van der Waals surface area contributed by atoms with Crippen molar-refractivity contribution in [2.45, 2.75) is 39.7 Å². The number of aliphatic carboxylic acids is 1. The molecule has 0 aromatic heterocycles. The van der Waals surface area contributed by atoms with E-state index in [1.165, 1.54) is 7.05 Å². The molecule has 9 nitrogen and oxygen atoms in total. The fraction of sp³-hybridized carbons (Fsp3) is 0.474. The fourth-order valence-electron chi connectivity index (χ4n) is 2.48. The summed E-state index contributed by atoms with van der Waals surface area (Å²) in [4.78, 5) is 42.2. The molecule has 0 aliphatic rings. The van der Waals surface area contributed by atoms with Gasteiger partial charge in [-0.15, -0.1) is 0 Å². The van der Waals surface area contributed by atoms with E-state index in [2.05, 4.69) is 0 Å². The maximum absolute atomic E-state index is 12.3. The summed E-state index contributed by atoms with van der Waals surface area (Å²) < 4.78 is 4.97. The van der Waals surface area contributed by atoms with E-state index < -0.39 is 30.0 Å². The van der Waals surface area contributed by atoms with Crippen LogP contribution in [0, 0.1) is 11.3 Å². The third kappa shape index (κ3) is 6.57. The van der Waals surface area contributed by atoms with Crippen LogP contribution >= 0.6 is 0 Å². The van der Waals surface area contributed by atoms with Gasteiger partial charge < -0.3 is 19.6 Å². The van der Waals surface area contributed by atoms with E-state index in [0.717, 1.165) is 4.90 Å². The van der Waals surface area contributed by atoms with Crippen LogP contribution in [0.25, 0.3) is 0 Å². The summed E-state index contributed by atoms with van der Waals surface area (Å²) in [5, 5.41) is 18.0. The number of carbonyl (C=O) groups excluding carboxylic acids is 2. The third-order valence-electron chi connectivity index (χ3n) is 3.81. The quantitative estimate of drug-likeness (QED) is 0.415. The fourth-order valence-corrected chi connectivity index (χ4v) is 2.48. The number of hydrogen-bond donors (Lipinski definition) is 2. The number of nitrogens with one attached hydrogen (secondary N) is 1. The third-order valence-corrected chi connectivity index (χ3v) is 3.81. The van der Waals surface area contributed by atoms with Crippen molar-refractivity contribution in [3.05, 3.63) is 35.9 Å². The summed E-state index contributed by atoms with van der Waals surface area (Å²) in [6.45, 7) is 5.19. The van der Waals surface area contributed by atoms with Gasteiger partial charge in [0.25, 0.3) is 0 Å². The molecule has 1 rings (SSSR count). The molecule has 0 bridgehead atoms. The molecule has 0 heterocycles. The molecular weight excluding hydrogens is 366 g/mol. The first-order valence-electron chi connectivity index (χ1n) is 8.94. The minimum Gasteiger partial charge on any atom is -0.480 e. The molecule has 1 aromatic rings. The molecule has 2 N–H and O–H groups in total. The van der Waals surface area contributed by atoms with Crippen LogP contribution < -0.4 is 0 Å². The zero-order chi connectivity index (χ0) is 21.3. The topological polar surface area (TPSA) is 120 Å². The van der Waals surface area contributed by atoms with Crippen LogP contribution in [0.2, 0.25) is 0 Å². The minimum atomic E-state index is -1.17. The van der Waals surface area contributed by atoms with E-state index in [4.69, 9.17) is 15.0 Å². The first-order chi connectivity index (χ1) is 13.2. The summed E-state index contributed by atoms with van der Waals surface area (Å²) in [6.07, 6.45) is -0.653. The van der Waals surface area contributed by atoms with Gasteiger partial charge in [0, 0.05) is 7.05 Å². The lowest BCUT2D eigenvalue weighted by molar-refractivity contribution is -0.169. The average molecular weight is 393 g/mol. The van der Waals surface area contributed by atoms with E-state index in [1.807, 2.05) is 0 Å². The number of carboxylic acid groups (broad SMARTS) is 1. The first-order valence-corrected chi connectivity index (χ1v) is 8.94. The highest BCUT2D eigenvalue weighted by Crippen LogP contribution is 2.13. The van der Waals surface area contributed by atoms with Crippen molar-refractivity contribution in [3.63, 3.8) is 0 Å². The maximum atomic E-state index is 12.3. The molecular formula is C19H27N3O6. The number of guanidine groups is 1. The zero-order valence-corrected chi connectivity index (χ0v) is 16.5. The van der Waals surface area contributed by atoms with Crippen LogP contribution in [0.15, 0.2) is 30.3 Å². The summed E-state index contributed by atoms with van der Waals surface area (Å²) in [6, 6.07) is 7.65. The average Bonchev–Trinajstić information content (AvgIpc) is 2.63. The number of amides is 1. The normalized spacial score (nSPS) is 11.5. The predicted molar refractivity (Wildman–Crippen MR) is 101 cm³/mol. The molecule has 0 saturated carbocycles. The molecule has 0 spiro atoms. The highest BCUT2D eigenvalue weighted by Gasteiger charge is 2.35. The van der Waals surface area contributed by atoms with Gasteiger partial charge in [-0.3, -0.25) is 5.41 Å². The smallest absolute Gasteiger partial charge is 0.451 e. The Hall–Kier alpha value is -3.10. The lowest BCUT2D eigenvalue weighted by Crippen LogP contribution is -2.53. The van der Waals surface area contributed by atoms with Crippen LogP contribution in [0.1, 0.15) is 32.8 Å². The van der Waals surface area contributed by atoms with Gasteiger partial charge >= 0.3 is 18.0 Å². The summed E-state index contributed by atoms with van der Waals surface area (Å²) >= 11 is 0. The van der Waals surface area contributed by atoms with E-state index in [-0.39, 0.29) is 18.9 Å². The Balaban J connectivity index is 3.00. The monoisotopic (exact) mass is 393 g/mol. The Morgan fingerprint density at radius 3 is 2.29 bits per heavy atom. The molecule has 0 radical (unpaired) electrons. The maximum Gasteiger partial charge on any atom is 0.451 e. The molecule has 1 atom stereocenters. The number of nitrogens with zero attached hydrogens (tertiary/aromatic N) is 2. The number of benzene rings is 1. The summed E-state index contributed by atoms with van der Waals surface area (Å²) in [7, 11) is 1.34. The Morgan fingerprint density at radius 2 is 1.79 bits per heavy atom. The molecule has 1 aromatic carbocycles. The van der Waals surface area contributed by atoms with Crippen LogP contribution in [-0.4, -0.2) is 58.8 Å². The zero-order valence-electron chi connectivity index (χ0n) is 16.5. The van der Waals surface area contributed by atoms with Crippen LogP contribution in [0.4, 0.5) is 4.79 Å².